The molecule has 0 atom stereocenters. The van der Waals surface area contributed by atoms with E-state index < -0.39 is 21.8 Å². The Labute approximate surface area is 132 Å². The summed E-state index contributed by atoms with van der Waals surface area (Å²) < 4.78 is 65.1. The van der Waals surface area contributed by atoms with Crippen LogP contribution < -0.4 is 4.72 Å². The van der Waals surface area contributed by atoms with Gasteiger partial charge in [0.2, 0.25) is 0 Å². The summed E-state index contributed by atoms with van der Waals surface area (Å²) in [6.07, 6.45) is -4.53. The van der Waals surface area contributed by atoms with Gasteiger partial charge in [0.15, 0.2) is 0 Å². The average molecular weight is 400 g/mol. The Morgan fingerprint density at radius 3 is 2.38 bits per heavy atom. The Bertz CT molecular complexity index is 769. The fourth-order valence-corrected chi connectivity index (χ4v) is 4.68. The van der Waals surface area contributed by atoms with Gasteiger partial charge in [-0.1, -0.05) is 6.07 Å². The van der Waals surface area contributed by atoms with Crippen LogP contribution in [0.1, 0.15) is 11.1 Å². The number of hydrogen-bond acceptors (Lipinski definition) is 3. The van der Waals surface area contributed by atoms with Crippen molar-refractivity contribution in [1.82, 2.24) is 0 Å². The van der Waals surface area contributed by atoms with Crippen molar-refractivity contribution in [3.8, 4) is 0 Å². The lowest BCUT2D eigenvalue weighted by atomic mass is 10.1. The van der Waals surface area contributed by atoms with Gasteiger partial charge in [0.25, 0.3) is 10.0 Å². The molecule has 0 spiro atoms. The molecule has 0 saturated carbocycles. The summed E-state index contributed by atoms with van der Waals surface area (Å²) in [5, 5.41) is 0. The number of rotatable bonds is 3. The van der Waals surface area contributed by atoms with Gasteiger partial charge >= 0.3 is 6.18 Å². The van der Waals surface area contributed by atoms with Crippen LogP contribution in [0.3, 0.4) is 0 Å². The second-order valence-corrected chi connectivity index (χ2v) is 8.56. The summed E-state index contributed by atoms with van der Waals surface area (Å²) in [7, 11) is -3.91. The Balaban J connectivity index is 2.39. The summed E-state index contributed by atoms with van der Waals surface area (Å²) >= 11 is 4.11. The zero-order valence-corrected chi connectivity index (χ0v) is 13.8. The molecule has 0 bridgehead atoms. The zero-order chi connectivity index (χ0) is 15.8. The molecular weight excluding hydrogens is 391 g/mol. The molecule has 0 fully saturated rings. The van der Waals surface area contributed by atoms with Crippen LogP contribution in [-0.4, -0.2) is 8.42 Å². The molecule has 0 amide bonds. The largest absolute Gasteiger partial charge is 0.416 e. The third kappa shape index (κ3) is 3.78. The highest BCUT2D eigenvalue weighted by atomic mass is 79.9. The van der Waals surface area contributed by atoms with Crippen LogP contribution in [-0.2, 0) is 16.2 Å². The van der Waals surface area contributed by atoms with Gasteiger partial charge in [-0.2, -0.15) is 13.2 Å². The van der Waals surface area contributed by atoms with Gasteiger partial charge in [0.1, 0.15) is 4.21 Å². The standard InChI is InChI=1S/C12H9BrF3NO2S2/c1-7-2-3-8(12(14,15)16)6-9(7)17-21(18,19)11-5-4-10(13)20-11/h2-6,17H,1H3. The Hall–Kier alpha value is -1.06. The topological polar surface area (TPSA) is 46.2 Å². The smallest absolute Gasteiger partial charge is 0.279 e. The van der Waals surface area contributed by atoms with Crippen LogP contribution in [0.25, 0.3) is 0 Å². The van der Waals surface area contributed by atoms with E-state index in [1.165, 1.54) is 19.1 Å². The minimum atomic E-state index is -4.53. The number of hydrogen-bond donors (Lipinski definition) is 1. The number of benzene rings is 1. The van der Waals surface area contributed by atoms with E-state index in [9.17, 15) is 21.6 Å². The summed E-state index contributed by atoms with van der Waals surface area (Å²) in [4.78, 5) is 0. The number of thiophene rings is 1. The van der Waals surface area contributed by atoms with E-state index in [1.807, 2.05) is 0 Å². The van der Waals surface area contributed by atoms with Gasteiger partial charge < -0.3 is 0 Å². The van der Waals surface area contributed by atoms with Gasteiger partial charge in [0, 0.05) is 0 Å². The van der Waals surface area contributed by atoms with Crippen molar-refractivity contribution in [3.63, 3.8) is 0 Å². The quantitative estimate of drug-likeness (QED) is 0.816. The van der Waals surface area contributed by atoms with Crippen LogP contribution in [0.4, 0.5) is 18.9 Å². The van der Waals surface area contributed by atoms with Crippen molar-refractivity contribution in [2.75, 3.05) is 4.72 Å². The number of halogens is 4. The first-order chi connectivity index (χ1) is 9.59. The molecular formula is C12H9BrF3NO2S2. The minimum absolute atomic E-state index is 0.0196. The monoisotopic (exact) mass is 399 g/mol. The van der Waals surface area contributed by atoms with E-state index in [0.717, 1.165) is 23.5 Å². The van der Waals surface area contributed by atoms with Gasteiger partial charge in [-0.25, -0.2) is 8.42 Å². The highest BCUT2D eigenvalue weighted by Crippen LogP contribution is 2.33. The average Bonchev–Trinajstić information content (AvgIpc) is 2.78. The first-order valence-corrected chi connectivity index (χ1v) is 8.65. The summed E-state index contributed by atoms with van der Waals surface area (Å²) in [6.45, 7) is 1.53. The molecule has 9 heteroatoms. The fraction of sp³-hybridized carbons (Fsp3) is 0.167. The highest BCUT2D eigenvalue weighted by molar-refractivity contribution is 9.11. The molecule has 1 aromatic carbocycles. The van der Waals surface area contributed by atoms with E-state index in [-0.39, 0.29) is 9.90 Å². The molecule has 1 aromatic heterocycles. The summed E-state index contributed by atoms with van der Waals surface area (Å²) in [5.74, 6) is 0. The van der Waals surface area contributed by atoms with Crippen LogP contribution in [0.15, 0.2) is 38.3 Å². The number of nitrogens with one attached hydrogen (secondary N) is 1. The first-order valence-electron chi connectivity index (χ1n) is 5.55. The van der Waals surface area contributed by atoms with Crippen molar-refractivity contribution >= 4 is 43.0 Å². The first kappa shape index (κ1) is 16.3. The Morgan fingerprint density at radius 2 is 1.86 bits per heavy atom. The molecule has 0 aliphatic rings. The van der Waals surface area contributed by atoms with Gasteiger partial charge in [-0.3, -0.25) is 4.72 Å². The molecule has 21 heavy (non-hydrogen) atoms. The minimum Gasteiger partial charge on any atom is -0.279 e. The maximum atomic E-state index is 12.7. The highest BCUT2D eigenvalue weighted by Gasteiger charge is 2.31. The van der Waals surface area contributed by atoms with Gasteiger partial charge in [0.05, 0.1) is 15.0 Å². The number of anilines is 1. The number of alkyl halides is 3. The summed E-state index contributed by atoms with van der Waals surface area (Å²) in [6, 6.07) is 5.85. The molecule has 1 N–H and O–H groups in total. The molecule has 114 valence electrons. The van der Waals surface area contributed by atoms with Crippen molar-refractivity contribution in [3.05, 3.63) is 45.2 Å². The molecule has 0 aliphatic carbocycles. The van der Waals surface area contributed by atoms with Crippen LogP contribution in [0, 0.1) is 6.92 Å². The molecule has 0 saturated heterocycles. The molecule has 3 nitrogen and oxygen atoms in total. The molecule has 2 rings (SSSR count). The lowest BCUT2D eigenvalue weighted by Crippen LogP contribution is -2.14. The van der Waals surface area contributed by atoms with E-state index >= 15 is 0 Å². The van der Waals surface area contributed by atoms with Crippen LogP contribution in [0.5, 0.6) is 0 Å². The van der Waals surface area contributed by atoms with Crippen molar-refractivity contribution in [2.24, 2.45) is 0 Å². The fourth-order valence-electron chi connectivity index (χ4n) is 1.55. The van der Waals surface area contributed by atoms with E-state index in [0.29, 0.717) is 9.35 Å². The number of aryl methyl sites for hydroxylation is 1. The normalized spacial score (nSPS) is 12.4. The second kappa shape index (κ2) is 5.62. The van der Waals surface area contributed by atoms with E-state index in [4.69, 9.17) is 0 Å². The Morgan fingerprint density at radius 1 is 1.19 bits per heavy atom. The maximum Gasteiger partial charge on any atom is 0.416 e. The van der Waals surface area contributed by atoms with Gasteiger partial charge in [-0.05, 0) is 52.7 Å². The third-order valence-corrected chi connectivity index (χ3v) is 6.10. The molecule has 1 heterocycles. The van der Waals surface area contributed by atoms with E-state index in [2.05, 4.69) is 20.7 Å². The number of sulfonamides is 1. The maximum absolute atomic E-state index is 12.7. The second-order valence-electron chi connectivity index (χ2n) is 4.19. The predicted molar refractivity (Wildman–Crippen MR) is 79.0 cm³/mol. The summed E-state index contributed by atoms with van der Waals surface area (Å²) in [5.41, 5.74) is -0.588. The lowest BCUT2D eigenvalue weighted by molar-refractivity contribution is -0.137. The molecule has 0 aliphatic heterocycles. The third-order valence-electron chi connectivity index (χ3n) is 2.62. The van der Waals surface area contributed by atoms with Crippen molar-refractivity contribution in [1.29, 1.82) is 0 Å². The van der Waals surface area contributed by atoms with Crippen molar-refractivity contribution in [2.45, 2.75) is 17.3 Å². The Kier molecular flexibility index (Phi) is 4.36. The zero-order valence-electron chi connectivity index (χ0n) is 10.5. The molecule has 0 radical (unpaired) electrons. The lowest BCUT2D eigenvalue weighted by Gasteiger charge is -2.13. The van der Waals surface area contributed by atoms with Gasteiger partial charge in [-0.15, -0.1) is 11.3 Å². The molecule has 2 aromatic rings. The van der Waals surface area contributed by atoms with Crippen molar-refractivity contribution < 1.29 is 21.6 Å². The SMILES string of the molecule is Cc1ccc(C(F)(F)F)cc1NS(=O)(=O)c1ccc(Br)s1. The predicted octanol–water partition coefficient (Wildman–Crippen LogP) is 4.64. The van der Waals surface area contributed by atoms with Crippen LogP contribution in [0.2, 0.25) is 0 Å². The van der Waals surface area contributed by atoms with Crippen LogP contribution >= 0.6 is 27.3 Å². The van der Waals surface area contributed by atoms with E-state index in [1.54, 1.807) is 6.07 Å². The molecule has 0 unspecified atom stereocenters.